The average Bonchev–Trinajstić information content (AvgIpc) is 2.30. The molecule has 0 saturated carbocycles. The molecule has 1 aliphatic rings. The average molecular weight is 223 g/mol. The SMILES string of the molecule is CNc1cc(F)ccc1N1CCN(C)CC1. The lowest BCUT2D eigenvalue weighted by Gasteiger charge is -2.35. The Kier molecular flexibility index (Phi) is 3.29. The van der Waals surface area contributed by atoms with E-state index in [2.05, 4.69) is 22.2 Å². The van der Waals surface area contributed by atoms with E-state index in [1.165, 1.54) is 6.07 Å². The highest BCUT2D eigenvalue weighted by molar-refractivity contribution is 5.70. The summed E-state index contributed by atoms with van der Waals surface area (Å²) in [6.45, 7) is 4.11. The number of anilines is 2. The van der Waals surface area contributed by atoms with Crippen molar-refractivity contribution in [1.29, 1.82) is 0 Å². The fourth-order valence-corrected chi connectivity index (χ4v) is 2.03. The highest BCUT2D eigenvalue weighted by atomic mass is 19.1. The number of halogens is 1. The molecule has 0 aliphatic carbocycles. The second-order valence-electron chi connectivity index (χ2n) is 4.20. The molecule has 0 spiro atoms. The molecule has 16 heavy (non-hydrogen) atoms. The second-order valence-corrected chi connectivity index (χ2v) is 4.20. The van der Waals surface area contributed by atoms with Gasteiger partial charge < -0.3 is 15.1 Å². The van der Waals surface area contributed by atoms with Crippen molar-refractivity contribution in [3.8, 4) is 0 Å². The first-order valence-electron chi connectivity index (χ1n) is 5.61. The highest BCUT2D eigenvalue weighted by Crippen LogP contribution is 2.27. The van der Waals surface area contributed by atoms with Gasteiger partial charge in [-0.05, 0) is 25.2 Å². The first-order valence-corrected chi connectivity index (χ1v) is 5.61. The molecule has 0 radical (unpaired) electrons. The van der Waals surface area contributed by atoms with Gasteiger partial charge in [-0.1, -0.05) is 0 Å². The standard InChI is InChI=1S/C12H18FN3/c1-14-11-9-10(13)3-4-12(11)16-7-5-15(2)6-8-16/h3-4,9,14H,5-8H2,1-2H3. The summed E-state index contributed by atoms with van der Waals surface area (Å²) in [6, 6.07) is 4.93. The molecule has 2 rings (SSSR count). The third-order valence-electron chi connectivity index (χ3n) is 3.07. The second kappa shape index (κ2) is 4.70. The molecular weight excluding hydrogens is 205 g/mol. The zero-order valence-electron chi connectivity index (χ0n) is 9.83. The molecule has 1 aromatic rings. The summed E-state index contributed by atoms with van der Waals surface area (Å²) in [6.07, 6.45) is 0. The molecule has 4 heteroatoms. The lowest BCUT2D eigenvalue weighted by molar-refractivity contribution is 0.313. The molecule has 0 amide bonds. The molecular formula is C12H18FN3. The Hall–Kier alpha value is -1.29. The summed E-state index contributed by atoms with van der Waals surface area (Å²) < 4.78 is 13.1. The van der Waals surface area contributed by atoms with E-state index in [1.54, 1.807) is 6.07 Å². The number of rotatable bonds is 2. The lowest BCUT2D eigenvalue weighted by atomic mass is 10.2. The molecule has 3 nitrogen and oxygen atoms in total. The Morgan fingerprint density at radius 1 is 1.19 bits per heavy atom. The van der Waals surface area contributed by atoms with Gasteiger partial charge >= 0.3 is 0 Å². The first kappa shape index (κ1) is 11.2. The van der Waals surface area contributed by atoms with Gasteiger partial charge in [-0.2, -0.15) is 0 Å². The van der Waals surface area contributed by atoms with E-state index in [9.17, 15) is 4.39 Å². The summed E-state index contributed by atoms with van der Waals surface area (Å²) in [7, 11) is 3.95. The normalized spacial score (nSPS) is 17.6. The maximum Gasteiger partial charge on any atom is 0.125 e. The Bertz CT molecular complexity index is 359. The van der Waals surface area contributed by atoms with Gasteiger partial charge in [0, 0.05) is 33.2 Å². The molecule has 0 bridgehead atoms. The van der Waals surface area contributed by atoms with E-state index in [-0.39, 0.29) is 5.82 Å². The summed E-state index contributed by atoms with van der Waals surface area (Å²) >= 11 is 0. The lowest BCUT2D eigenvalue weighted by Crippen LogP contribution is -2.44. The number of likely N-dealkylation sites (N-methyl/N-ethyl adjacent to an activating group) is 1. The van der Waals surface area contributed by atoms with Gasteiger partial charge in [0.05, 0.1) is 11.4 Å². The van der Waals surface area contributed by atoms with Crippen LogP contribution in [0.15, 0.2) is 18.2 Å². The van der Waals surface area contributed by atoms with Gasteiger partial charge in [-0.25, -0.2) is 4.39 Å². The number of nitrogens with one attached hydrogen (secondary N) is 1. The number of nitrogens with zero attached hydrogens (tertiary/aromatic N) is 2. The van der Waals surface area contributed by atoms with Crippen LogP contribution in [0.3, 0.4) is 0 Å². The van der Waals surface area contributed by atoms with E-state index in [0.717, 1.165) is 37.6 Å². The molecule has 88 valence electrons. The van der Waals surface area contributed by atoms with Crippen molar-refractivity contribution in [2.24, 2.45) is 0 Å². The van der Waals surface area contributed by atoms with E-state index in [1.807, 2.05) is 13.1 Å². The van der Waals surface area contributed by atoms with Crippen molar-refractivity contribution in [3.63, 3.8) is 0 Å². The van der Waals surface area contributed by atoms with Gasteiger partial charge in [0.15, 0.2) is 0 Å². The van der Waals surface area contributed by atoms with Crippen LogP contribution < -0.4 is 10.2 Å². The van der Waals surface area contributed by atoms with E-state index < -0.39 is 0 Å². The van der Waals surface area contributed by atoms with Gasteiger partial charge in [0.1, 0.15) is 5.82 Å². The van der Waals surface area contributed by atoms with Crippen molar-refractivity contribution >= 4 is 11.4 Å². The number of hydrogen-bond acceptors (Lipinski definition) is 3. The molecule has 1 fully saturated rings. The van der Waals surface area contributed by atoms with Crippen LogP contribution in [-0.2, 0) is 0 Å². The molecule has 1 aliphatic heterocycles. The van der Waals surface area contributed by atoms with Crippen molar-refractivity contribution in [1.82, 2.24) is 4.90 Å². The summed E-state index contributed by atoms with van der Waals surface area (Å²) in [5.74, 6) is -0.192. The summed E-state index contributed by atoms with van der Waals surface area (Å²) in [4.78, 5) is 4.60. The summed E-state index contributed by atoms with van der Waals surface area (Å²) in [5, 5.41) is 3.05. The van der Waals surface area contributed by atoms with Crippen molar-refractivity contribution in [3.05, 3.63) is 24.0 Å². The first-order chi connectivity index (χ1) is 7.70. The maximum absolute atomic E-state index is 13.1. The van der Waals surface area contributed by atoms with Crippen LogP contribution in [0.2, 0.25) is 0 Å². The topological polar surface area (TPSA) is 18.5 Å². The van der Waals surface area contributed by atoms with Crippen LogP contribution in [0.5, 0.6) is 0 Å². The predicted molar refractivity (Wildman–Crippen MR) is 65.7 cm³/mol. The van der Waals surface area contributed by atoms with Crippen LogP contribution in [-0.4, -0.2) is 45.2 Å². The molecule has 1 saturated heterocycles. The molecule has 0 atom stereocenters. The minimum atomic E-state index is -0.192. The van der Waals surface area contributed by atoms with E-state index in [4.69, 9.17) is 0 Å². The Morgan fingerprint density at radius 3 is 2.50 bits per heavy atom. The number of benzene rings is 1. The third-order valence-corrected chi connectivity index (χ3v) is 3.07. The molecule has 1 N–H and O–H groups in total. The van der Waals surface area contributed by atoms with Crippen LogP contribution in [0.1, 0.15) is 0 Å². The number of piperazine rings is 1. The molecule has 1 heterocycles. The fourth-order valence-electron chi connectivity index (χ4n) is 2.03. The maximum atomic E-state index is 13.1. The van der Waals surface area contributed by atoms with Gasteiger partial charge in [0.2, 0.25) is 0 Å². The van der Waals surface area contributed by atoms with Crippen molar-refractivity contribution in [2.75, 3.05) is 50.5 Å². The fraction of sp³-hybridized carbons (Fsp3) is 0.500. The molecule has 1 aromatic carbocycles. The van der Waals surface area contributed by atoms with Gasteiger partial charge in [-0.15, -0.1) is 0 Å². The quantitative estimate of drug-likeness (QED) is 0.822. The minimum Gasteiger partial charge on any atom is -0.386 e. The monoisotopic (exact) mass is 223 g/mol. The highest BCUT2D eigenvalue weighted by Gasteiger charge is 2.16. The van der Waals surface area contributed by atoms with Gasteiger partial charge in [0.25, 0.3) is 0 Å². The van der Waals surface area contributed by atoms with Gasteiger partial charge in [-0.3, -0.25) is 0 Å². The van der Waals surface area contributed by atoms with Crippen LogP contribution in [0.25, 0.3) is 0 Å². The molecule has 0 aromatic heterocycles. The molecule has 0 unspecified atom stereocenters. The zero-order valence-corrected chi connectivity index (χ0v) is 9.83. The van der Waals surface area contributed by atoms with Crippen LogP contribution >= 0.6 is 0 Å². The van der Waals surface area contributed by atoms with Crippen molar-refractivity contribution < 1.29 is 4.39 Å². The van der Waals surface area contributed by atoms with Crippen LogP contribution in [0.4, 0.5) is 15.8 Å². The largest absolute Gasteiger partial charge is 0.386 e. The predicted octanol–water partition coefficient (Wildman–Crippen LogP) is 1.62. The summed E-state index contributed by atoms with van der Waals surface area (Å²) in [5.41, 5.74) is 1.96. The Labute approximate surface area is 95.9 Å². The Balaban J connectivity index is 2.19. The van der Waals surface area contributed by atoms with Crippen molar-refractivity contribution in [2.45, 2.75) is 0 Å². The smallest absolute Gasteiger partial charge is 0.125 e. The Morgan fingerprint density at radius 2 is 1.88 bits per heavy atom. The minimum absolute atomic E-state index is 0.192. The van der Waals surface area contributed by atoms with E-state index in [0.29, 0.717) is 0 Å². The van der Waals surface area contributed by atoms with E-state index >= 15 is 0 Å². The third kappa shape index (κ3) is 2.27. The number of hydrogen-bond donors (Lipinski definition) is 1. The zero-order chi connectivity index (χ0) is 11.5. The van der Waals surface area contributed by atoms with Crippen LogP contribution in [0, 0.1) is 5.82 Å².